The fourth-order valence-electron chi connectivity index (χ4n) is 2.09. The van der Waals surface area contributed by atoms with E-state index in [9.17, 15) is 8.42 Å². The van der Waals surface area contributed by atoms with Gasteiger partial charge in [0.15, 0.2) is 0 Å². The molecule has 0 unspecified atom stereocenters. The maximum absolute atomic E-state index is 12.5. The predicted octanol–water partition coefficient (Wildman–Crippen LogP) is 1.62. The second kappa shape index (κ2) is 6.74. The summed E-state index contributed by atoms with van der Waals surface area (Å²) in [5.74, 6) is 0. The van der Waals surface area contributed by atoms with E-state index in [-0.39, 0.29) is 28.4 Å². The lowest BCUT2D eigenvalue weighted by molar-refractivity contribution is 0.284. The van der Waals surface area contributed by atoms with Gasteiger partial charge >= 0.3 is 0 Å². The molecule has 1 aromatic rings. The number of sulfonamides is 1. The molecule has 1 N–H and O–H groups in total. The third kappa shape index (κ3) is 3.25. The third-order valence-electron chi connectivity index (χ3n) is 3.09. The van der Waals surface area contributed by atoms with Crippen LogP contribution in [0.15, 0.2) is 23.1 Å². The summed E-state index contributed by atoms with van der Waals surface area (Å²) in [7, 11) is -3.61. The van der Waals surface area contributed by atoms with Crippen molar-refractivity contribution in [3.63, 3.8) is 0 Å². The zero-order valence-corrected chi connectivity index (χ0v) is 13.2. The van der Waals surface area contributed by atoms with Crippen molar-refractivity contribution in [3.05, 3.63) is 28.8 Å². The molecule has 1 aliphatic heterocycles. The minimum absolute atomic E-state index is 0. The molecule has 1 heterocycles. The van der Waals surface area contributed by atoms with E-state index >= 15 is 0 Å². The molecule has 1 fully saturated rings. The fourth-order valence-corrected chi connectivity index (χ4v) is 4.24. The van der Waals surface area contributed by atoms with E-state index < -0.39 is 10.0 Å². The molecule has 8 heteroatoms. The fraction of sp³-hybridized carbons (Fsp3) is 0.417. The van der Waals surface area contributed by atoms with Crippen LogP contribution in [0.4, 0.5) is 0 Å². The maximum Gasteiger partial charge on any atom is 0.244 e. The minimum Gasteiger partial charge on any atom is -0.314 e. The van der Waals surface area contributed by atoms with Gasteiger partial charge in [0.05, 0.1) is 16.7 Å². The van der Waals surface area contributed by atoms with E-state index in [0.29, 0.717) is 25.2 Å². The molecule has 0 aromatic heterocycles. The van der Waals surface area contributed by atoms with Crippen molar-refractivity contribution in [2.75, 3.05) is 19.6 Å². The van der Waals surface area contributed by atoms with Gasteiger partial charge < -0.3 is 5.32 Å². The van der Waals surface area contributed by atoms with Crippen LogP contribution in [0.2, 0.25) is 5.02 Å². The first-order chi connectivity index (χ1) is 8.96. The number of benzene rings is 1. The summed E-state index contributed by atoms with van der Waals surface area (Å²) in [4.78, 5) is 0.0573. The van der Waals surface area contributed by atoms with Crippen LogP contribution in [-0.2, 0) is 10.0 Å². The first-order valence-electron chi connectivity index (χ1n) is 5.89. The number of piperazine rings is 1. The SMILES string of the molecule is C[C@@H]1CNCCN1S(=O)(=O)c1ccc(C#N)cc1Cl.Cl. The van der Waals surface area contributed by atoms with Crippen molar-refractivity contribution in [3.8, 4) is 6.07 Å². The van der Waals surface area contributed by atoms with Crippen molar-refractivity contribution in [2.24, 2.45) is 0 Å². The average Bonchev–Trinajstić information content (AvgIpc) is 2.38. The van der Waals surface area contributed by atoms with Crippen molar-refractivity contribution in [2.45, 2.75) is 17.9 Å². The Hall–Kier alpha value is -0.840. The van der Waals surface area contributed by atoms with Gasteiger partial charge in [0.2, 0.25) is 10.0 Å². The highest BCUT2D eigenvalue weighted by molar-refractivity contribution is 7.89. The van der Waals surface area contributed by atoms with Gasteiger partial charge in [0.25, 0.3) is 0 Å². The standard InChI is InChI=1S/C12H14ClN3O2S.ClH/c1-9-8-15-4-5-16(9)19(17,18)12-3-2-10(7-14)6-11(12)13;/h2-3,6,9,15H,4-5,8H2,1H3;1H/t9-;/m1./s1. The molecule has 0 spiro atoms. The molecule has 0 bridgehead atoms. The second-order valence-corrected chi connectivity index (χ2v) is 6.69. The highest BCUT2D eigenvalue weighted by atomic mass is 35.5. The molecule has 1 aliphatic rings. The van der Waals surface area contributed by atoms with Crippen molar-refractivity contribution < 1.29 is 8.42 Å². The first-order valence-corrected chi connectivity index (χ1v) is 7.71. The van der Waals surface area contributed by atoms with E-state index in [2.05, 4.69) is 5.32 Å². The molecule has 0 radical (unpaired) electrons. The molecule has 1 atom stereocenters. The molecule has 2 rings (SSSR count). The average molecular weight is 336 g/mol. The molecule has 20 heavy (non-hydrogen) atoms. The molecular formula is C12H15Cl2N3O2S. The molecule has 5 nitrogen and oxygen atoms in total. The van der Waals surface area contributed by atoms with Crippen LogP contribution in [0.1, 0.15) is 12.5 Å². The molecular weight excluding hydrogens is 321 g/mol. The van der Waals surface area contributed by atoms with Crippen LogP contribution in [-0.4, -0.2) is 38.4 Å². The number of hydrogen-bond acceptors (Lipinski definition) is 4. The molecule has 0 aliphatic carbocycles. The van der Waals surface area contributed by atoms with Crippen LogP contribution in [0.5, 0.6) is 0 Å². The summed E-state index contributed by atoms with van der Waals surface area (Å²) < 4.78 is 26.5. The highest BCUT2D eigenvalue weighted by Gasteiger charge is 2.32. The monoisotopic (exact) mass is 335 g/mol. The van der Waals surface area contributed by atoms with E-state index in [0.717, 1.165) is 0 Å². The van der Waals surface area contributed by atoms with Gasteiger partial charge in [-0.15, -0.1) is 12.4 Å². The lowest BCUT2D eigenvalue weighted by Gasteiger charge is -2.33. The summed E-state index contributed by atoms with van der Waals surface area (Å²) >= 11 is 5.99. The second-order valence-electron chi connectivity index (χ2n) is 4.43. The number of rotatable bonds is 2. The Balaban J connectivity index is 0.00000200. The van der Waals surface area contributed by atoms with Gasteiger partial charge in [-0.05, 0) is 25.1 Å². The Kier molecular flexibility index (Phi) is 5.80. The van der Waals surface area contributed by atoms with E-state index in [4.69, 9.17) is 16.9 Å². The Bertz CT molecular complexity index is 628. The van der Waals surface area contributed by atoms with Gasteiger partial charge in [-0.3, -0.25) is 0 Å². The Morgan fingerprint density at radius 1 is 1.50 bits per heavy atom. The first kappa shape index (κ1) is 17.2. The smallest absolute Gasteiger partial charge is 0.244 e. The van der Waals surface area contributed by atoms with Gasteiger partial charge in [-0.1, -0.05) is 11.6 Å². The molecule has 0 saturated carbocycles. The topological polar surface area (TPSA) is 73.2 Å². The van der Waals surface area contributed by atoms with Gasteiger partial charge in [0.1, 0.15) is 4.90 Å². The van der Waals surface area contributed by atoms with Gasteiger partial charge in [-0.2, -0.15) is 9.57 Å². The van der Waals surface area contributed by atoms with Crippen LogP contribution in [0.25, 0.3) is 0 Å². The molecule has 0 amide bonds. The number of hydrogen-bond donors (Lipinski definition) is 1. The summed E-state index contributed by atoms with van der Waals surface area (Å²) in [6.07, 6.45) is 0. The summed E-state index contributed by atoms with van der Waals surface area (Å²) in [5, 5.41) is 12.0. The van der Waals surface area contributed by atoms with Crippen molar-refractivity contribution in [1.82, 2.24) is 9.62 Å². The number of nitrogens with one attached hydrogen (secondary N) is 1. The van der Waals surface area contributed by atoms with Crippen molar-refractivity contribution in [1.29, 1.82) is 5.26 Å². The van der Waals surface area contributed by atoms with E-state index in [1.54, 1.807) is 0 Å². The zero-order chi connectivity index (χ0) is 14.0. The van der Waals surface area contributed by atoms with Crippen LogP contribution < -0.4 is 5.32 Å². The lowest BCUT2D eigenvalue weighted by Crippen LogP contribution is -2.52. The predicted molar refractivity (Wildman–Crippen MR) is 79.6 cm³/mol. The summed E-state index contributed by atoms with van der Waals surface area (Å²) in [6, 6.07) is 6.05. The largest absolute Gasteiger partial charge is 0.314 e. The lowest BCUT2D eigenvalue weighted by atomic mass is 10.2. The molecule has 1 saturated heterocycles. The van der Waals surface area contributed by atoms with E-state index in [1.807, 2.05) is 13.0 Å². The quantitative estimate of drug-likeness (QED) is 0.891. The van der Waals surface area contributed by atoms with Gasteiger partial charge in [-0.25, -0.2) is 8.42 Å². The number of nitriles is 1. The summed E-state index contributed by atoms with van der Waals surface area (Å²) in [6.45, 7) is 3.51. The number of nitrogens with zero attached hydrogens (tertiary/aromatic N) is 2. The molecule has 1 aromatic carbocycles. The Morgan fingerprint density at radius 3 is 2.75 bits per heavy atom. The minimum atomic E-state index is -3.61. The number of halogens is 2. The third-order valence-corrected chi connectivity index (χ3v) is 5.58. The molecule has 110 valence electrons. The Morgan fingerprint density at radius 2 is 2.20 bits per heavy atom. The van der Waals surface area contributed by atoms with Gasteiger partial charge in [0, 0.05) is 25.7 Å². The normalized spacial score (nSPS) is 19.9. The van der Waals surface area contributed by atoms with Crippen LogP contribution in [0.3, 0.4) is 0 Å². The zero-order valence-electron chi connectivity index (χ0n) is 10.8. The van der Waals surface area contributed by atoms with Crippen LogP contribution in [0, 0.1) is 11.3 Å². The Labute approximate surface area is 130 Å². The maximum atomic E-state index is 12.5. The van der Waals surface area contributed by atoms with Crippen molar-refractivity contribution >= 4 is 34.0 Å². The van der Waals surface area contributed by atoms with E-state index in [1.165, 1.54) is 22.5 Å². The highest BCUT2D eigenvalue weighted by Crippen LogP contribution is 2.27. The van der Waals surface area contributed by atoms with Crippen LogP contribution >= 0.6 is 24.0 Å². The summed E-state index contributed by atoms with van der Waals surface area (Å²) in [5.41, 5.74) is 0.345.